The molecule has 1 aromatic heterocycles. The highest BCUT2D eigenvalue weighted by Crippen LogP contribution is 2.30. The number of benzene rings is 1. The Labute approximate surface area is 161 Å². The van der Waals surface area contributed by atoms with E-state index in [4.69, 9.17) is 4.74 Å². The van der Waals surface area contributed by atoms with E-state index in [0.29, 0.717) is 0 Å². The first-order chi connectivity index (χ1) is 13.1. The number of Topliss-reactive ketones (excluding diaryl/α,β-unsaturated/α-hetero) is 1. The van der Waals surface area contributed by atoms with Gasteiger partial charge in [-0.3, -0.25) is 4.79 Å². The van der Waals surface area contributed by atoms with Crippen molar-refractivity contribution in [1.29, 1.82) is 0 Å². The van der Waals surface area contributed by atoms with Gasteiger partial charge in [-0.2, -0.15) is 5.10 Å². The first-order valence-electron chi connectivity index (χ1n) is 9.78. The number of ketones is 1. The van der Waals surface area contributed by atoms with Crippen molar-refractivity contribution in [3.05, 3.63) is 46.6 Å². The lowest BCUT2D eigenvalue weighted by Crippen LogP contribution is -2.21. The molecule has 0 aliphatic heterocycles. The number of hydrogen-bond donors (Lipinski definition) is 1. The van der Waals surface area contributed by atoms with Gasteiger partial charge < -0.3 is 10.1 Å². The Morgan fingerprint density at radius 3 is 2.63 bits per heavy atom. The third kappa shape index (κ3) is 4.99. The summed E-state index contributed by atoms with van der Waals surface area (Å²) in [5.74, 6) is 0.0866. The smallest absolute Gasteiger partial charge is 0.155 e. The largest absolute Gasteiger partial charge is 0.370 e. The molecule has 27 heavy (non-hydrogen) atoms. The molecule has 1 unspecified atom stereocenters. The van der Waals surface area contributed by atoms with Crippen molar-refractivity contribution >= 4 is 5.78 Å². The number of fused-ring (bicyclic) bond motifs is 1. The maximum Gasteiger partial charge on any atom is 0.155 e. The fourth-order valence-electron chi connectivity index (χ4n) is 3.78. The second-order valence-electron chi connectivity index (χ2n) is 7.38. The van der Waals surface area contributed by atoms with E-state index in [2.05, 4.69) is 39.8 Å². The van der Waals surface area contributed by atoms with Crippen molar-refractivity contribution in [2.45, 2.75) is 58.6 Å². The number of rotatable bonds is 6. The van der Waals surface area contributed by atoms with Crippen molar-refractivity contribution in [1.82, 2.24) is 15.5 Å². The lowest BCUT2D eigenvalue weighted by Gasteiger charge is -2.23. The highest BCUT2D eigenvalue weighted by molar-refractivity contribution is 5.76. The summed E-state index contributed by atoms with van der Waals surface area (Å²) in [6.07, 6.45) is 4.98. The third-order valence-electron chi connectivity index (χ3n) is 5.19. The van der Waals surface area contributed by atoms with Crippen molar-refractivity contribution in [3.63, 3.8) is 0 Å². The van der Waals surface area contributed by atoms with Crippen LogP contribution in [0.2, 0.25) is 0 Å². The molecule has 1 aliphatic rings. The second kappa shape index (κ2) is 9.20. The fraction of sp³-hybridized carbons (Fsp3) is 0.500. The van der Waals surface area contributed by atoms with Crippen LogP contribution in [0.3, 0.4) is 0 Å². The summed E-state index contributed by atoms with van der Waals surface area (Å²) in [4.78, 5) is 11.2. The van der Waals surface area contributed by atoms with Crippen LogP contribution in [0.4, 0.5) is 0 Å². The van der Waals surface area contributed by atoms with E-state index in [-0.39, 0.29) is 18.5 Å². The summed E-state index contributed by atoms with van der Waals surface area (Å²) in [5, 5.41) is 12.2. The number of nitrogens with zero attached hydrogens (tertiary/aromatic N) is 2. The Hall–Kier alpha value is -2.11. The van der Waals surface area contributed by atoms with E-state index >= 15 is 0 Å². The van der Waals surface area contributed by atoms with Crippen LogP contribution >= 0.6 is 0 Å². The first kappa shape index (κ1) is 19.6. The topological polar surface area (TPSA) is 64.1 Å². The van der Waals surface area contributed by atoms with Crippen LogP contribution < -0.4 is 5.32 Å². The molecule has 0 saturated heterocycles. The van der Waals surface area contributed by atoms with Gasteiger partial charge in [-0.05, 0) is 69.7 Å². The molecule has 1 atom stereocenters. The number of aromatic nitrogens is 2. The quantitative estimate of drug-likeness (QED) is 0.848. The van der Waals surface area contributed by atoms with Crippen LogP contribution in [0.25, 0.3) is 11.3 Å². The number of aryl methyl sites for hydroxylation is 1. The molecule has 0 spiro atoms. The predicted molar refractivity (Wildman–Crippen MR) is 107 cm³/mol. The lowest BCUT2D eigenvalue weighted by molar-refractivity contribution is -0.123. The van der Waals surface area contributed by atoms with E-state index in [1.807, 2.05) is 14.0 Å². The number of carbonyl (C=O) groups is 1. The van der Waals surface area contributed by atoms with Gasteiger partial charge in [0, 0.05) is 12.1 Å². The minimum Gasteiger partial charge on any atom is -0.370 e. The average Bonchev–Trinajstić information content (AvgIpc) is 2.63. The summed E-state index contributed by atoms with van der Waals surface area (Å²) in [5.41, 5.74) is 7.03. The third-order valence-corrected chi connectivity index (χ3v) is 5.19. The molecule has 3 rings (SSSR count). The van der Waals surface area contributed by atoms with Crippen LogP contribution in [0.15, 0.2) is 24.3 Å². The summed E-state index contributed by atoms with van der Waals surface area (Å²) in [7, 11) is 1.95. The van der Waals surface area contributed by atoms with Crippen LogP contribution in [-0.4, -0.2) is 35.7 Å². The zero-order valence-electron chi connectivity index (χ0n) is 16.5. The number of hydrogen-bond acceptors (Lipinski definition) is 5. The summed E-state index contributed by atoms with van der Waals surface area (Å²) < 4.78 is 5.79. The molecule has 1 N–H and O–H groups in total. The molecule has 5 heteroatoms. The maximum absolute atomic E-state index is 11.2. The zero-order chi connectivity index (χ0) is 19.2. The number of ether oxygens (including phenoxy) is 1. The Kier molecular flexibility index (Phi) is 6.69. The number of nitrogens with one attached hydrogen (secondary N) is 1. The number of carbonyl (C=O) groups excluding carboxylic acids is 1. The minimum absolute atomic E-state index is 0.0866. The van der Waals surface area contributed by atoms with Crippen LogP contribution in [-0.2, 0) is 28.9 Å². The van der Waals surface area contributed by atoms with E-state index in [1.54, 1.807) is 6.92 Å². The predicted octanol–water partition coefficient (Wildman–Crippen LogP) is 3.41. The SMILES string of the molecule is CNCc1ccc(-c2nnc(C)c3c2CCCC(OCC(C)=O)CC3)cc1. The summed E-state index contributed by atoms with van der Waals surface area (Å²) in [6, 6.07) is 8.58. The molecule has 1 aromatic carbocycles. The molecular formula is C22H29N3O2. The molecule has 0 bridgehead atoms. The molecule has 2 aromatic rings. The van der Waals surface area contributed by atoms with Gasteiger partial charge in [0.1, 0.15) is 6.61 Å². The van der Waals surface area contributed by atoms with Crippen LogP contribution in [0.5, 0.6) is 0 Å². The van der Waals surface area contributed by atoms with Crippen molar-refractivity contribution in [2.24, 2.45) is 0 Å². The summed E-state index contributed by atoms with van der Waals surface area (Å²) >= 11 is 0. The molecule has 0 fully saturated rings. The molecule has 0 saturated carbocycles. The lowest BCUT2D eigenvalue weighted by atomic mass is 9.89. The highest BCUT2D eigenvalue weighted by atomic mass is 16.5. The van der Waals surface area contributed by atoms with E-state index < -0.39 is 0 Å². The van der Waals surface area contributed by atoms with Crippen molar-refractivity contribution in [2.75, 3.05) is 13.7 Å². The summed E-state index contributed by atoms with van der Waals surface area (Å²) in [6.45, 7) is 4.69. The highest BCUT2D eigenvalue weighted by Gasteiger charge is 2.21. The fourth-order valence-corrected chi connectivity index (χ4v) is 3.78. The van der Waals surface area contributed by atoms with Crippen molar-refractivity contribution < 1.29 is 9.53 Å². The zero-order valence-corrected chi connectivity index (χ0v) is 16.5. The van der Waals surface area contributed by atoms with Gasteiger partial charge in [0.15, 0.2) is 5.78 Å². The molecule has 0 amide bonds. The van der Waals surface area contributed by atoms with Crippen LogP contribution in [0.1, 0.15) is 48.6 Å². The van der Waals surface area contributed by atoms with E-state index in [0.717, 1.165) is 55.6 Å². The Bertz CT molecular complexity index is 787. The molecule has 144 valence electrons. The molecule has 0 radical (unpaired) electrons. The Balaban J connectivity index is 1.84. The monoisotopic (exact) mass is 367 g/mol. The van der Waals surface area contributed by atoms with Gasteiger partial charge in [0.2, 0.25) is 0 Å². The van der Waals surface area contributed by atoms with Gasteiger partial charge in [-0.15, -0.1) is 5.10 Å². The van der Waals surface area contributed by atoms with Crippen LogP contribution in [0, 0.1) is 6.92 Å². The molecular weight excluding hydrogens is 338 g/mol. The minimum atomic E-state index is 0.0866. The van der Waals surface area contributed by atoms with Gasteiger partial charge in [0.25, 0.3) is 0 Å². The van der Waals surface area contributed by atoms with E-state index in [1.165, 1.54) is 16.7 Å². The normalized spacial score (nSPS) is 17.1. The maximum atomic E-state index is 11.2. The Morgan fingerprint density at radius 1 is 1.15 bits per heavy atom. The van der Waals surface area contributed by atoms with Gasteiger partial charge >= 0.3 is 0 Å². The average molecular weight is 367 g/mol. The van der Waals surface area contributed by atoms with E-state index in [9.17, 15) is 4.79 Å². The standard InChI is InChI=1S/C22H29N3O2/c1-15(26)14-27-19-5-4-6-21-20(12-11-19)16(2)24-25-22(21)18-9-7-17(8-10-18)13-23-3/h7-10,19,23H,4-6,11-14H2,1-3H3. The second-order valence-corrected chi connectivity index (χ2v) is 7.38. The van der Waals surface area contributed by atoms with Gasteiger partial charge in [0.05, 0.1) is 17.5 Å². The Morgan fingerprint density at radius 2 is 1.93 bits per heavy atom. The van der Waals surface area contributed by atoms with Gasteiger partial charge in [-0.25, -0.2) is 0 Å². The molecule has 1 heterocycles. The van der Waals surface area contributed by atoms with Crippen molar-refractivity contribution in [3.8, 4) is 11.3 Å². The molecule has 5 nitrogen and oxygen atoms in total. The molecule has 1 aliphatic carbocycles. The van der Waals surface area contributed by atoms with Gasteiger partial charge in [-0.1, -0.05) is 24.3 Å². The first-order valence-corrected chi connectivity index (χ1v) is 9.78.